The largest absolute Gasteiger partial charge is 0.385 e. The van der Waals surface area contributed by atoms with E-state index in [2.05, 4.69) is 20.0 Å². The first kappa shape index (κ1) is 8.43. The Balaban J connectivity index is 2.26. The molecule has 13 heavy (non-hydrogen) atoms. The molecule has 0 bridgehead atoms. The van der Waals surface area contributed by atoms with Crippen LogP contribution in [0.25, 0.3) is 0 Å². The van der Waals surface area contributed by atoms with Gasteiger partial charge in [0.1, 0.15) is 12.2 Å². The van der Waals surface area contributed by atoms with Crippen molar-refractivity contribution >= 4 is 34.9 Å². The number of nitrogens with zero attached hydrogens (tertiary/aromatic N) is 4. The lowest BCUT2D eigenvalue weighted by molar-refractivity contribution is 1.12. The van der Waals surface area contributed by atoms with Crippen molar-refractivity contribution in [3.63, 3.8) is 0 Å². The molecule has 0 saturated carbocycles. The van der Waals surface area contributed by atoms with E-state index in [1.54, 1.807) is 11.8 Å². The number of aliphatic imine (C=N–C) groups is 4. The number of hydrogen-bond acceptors (Lipinski definition) is 6. The molecule has 6 heteroatoms. The monoisotopic (exact) mass is 195 g/mol. The zero-order valence-corrected chi connectivity index (χ0v) is 7.95. The van der Waals surface area contributed by atoms with E-state index >= 15 is 0 Å². The van der Waals surface area contributed by atoms with E-state index in [4.69, 9.17) is 5.73 Å². The highest BCUT2D eigenvalue weighted by atomic mass is 32.2. The normalized spacial score (nSPS) is 25.0. The van der Waals surface area contributed by atoms with Gasteiger partial charge in [-0.15, -0.1) is 0 Å². The SMILES string of the molecule is CCSC1=NC2=NC=NC2C(N)=N1. The fourth-order valence-corrected chi connectivity index (χ4v) is 1.67. The molecule has 1 atom stereocenters. The molecule has 2 N–H and O–H groups in total. The van der Waals surface area contributed by atoms with E-state index in [9.17, 15) is 0 Å². The van der Waals surface area contributed by atoms with Gasteiger partial charge in [-0.2, -0.15) is 0 Å². The molecule has 0 spiro atoms. The maximum atomic E-state index is 5.70. The number of fused-ring (bicyclic) bond motifs is 1. The van der Waals surface area contributed by atoms with Crippen molar-refractivity contribution in [2.75, 3.05) is 5.75 Å². The predicted octanol–water partition coefficient (Wildman–Crippen LogP) is 0.275. The zero-order chi connectivity index (χ0) is 9.26. The average Bonchev–Trinajstić information content (AvgIpc) is 2.53. The van der Waals surface area contributed by atoms with E-state index in [1.807, 2.05) is 6.92 Å². The molecule has 0 saturated heterocycles. The van der Waals surface area contributed by atoms with Crippen LogP contribution in [-0.4, -0.2) is 35.0 Å². The fraction of sp³-hybridized carbons (Fsp3) is 0.429. The van der Waals surface area contributed by atoms with Crippen molar-refractivity contribution in [3.8, 4) is 0 Å². The maximum absolute atomic E-state index is 5.70. The quantitative estimate of drug-likeness (QED) is 0.652. The Morgan fingerprint density at radius 1 is 1.54 bits per heavy atom. The Hall–Kier alpha value is -1.17. The topological polar surface area (TPSA) is 75.5 Å². The molecular formula is C7H9N5S. The van der Waals surface area contributed by atoms with Crippen molar-refractivity contribution in [2.24, 2.45) is 25.7 Å². The summed E-state index contributed by atoms with van der Waals surface area (Å²) < 4.78 is 0. The minimum Gasteiger partial charge on any atom is -0.385 e. The lowest BCUT2D eigenvalue weighted by Crippen LogP contribution is -2.35. The third kappa shape index (κ3) is 1.49. The smallest absolute Gasteiger partial charge is 0.191 e. The first-order chi connectivity index (χ1) is 6.31. The molecule has 0 aromatic rings. The summed E-state index contributed by atoms with van der Waals surface area (Å²) in [6.07, 6.45) is 1.48. The van der Waals surface area contributed by atoms with Gasteiger partial charge in [0.15, 0.2) is 17.0 Å². The molecule has 0 radical (unpaired) electrons. The van der Waals surface area contributed by atoms with Gasteiger partial charge in [0.05, 0.1) is 0 Å². The third-order valence-corrected chi connectivity index (χ3v) is 2.37. The van der Waals surface area contributed by atoms with E-state index in [-0.39, 0.29) is 6.04 Å². The average molecular weight is 195 g/mol. The van der Waals surface area contributed by atoms with Crippen LogP contribution in [0.1, 0.15) is 6.92 Å². The van der Waals surface area contributed by atoms with Crippen molar-refractivity contribution < 1.29 is 0 Å². The molecule has 0 fully saturated rings. The first-order valence-corrected chi connectivity index (χ1v) is 4.94. The van der Waals surface area contributed by atoms with E-state index in [1.165, 1.54) is 6.34 Å². The zero-order valence-electron chi connectivity index (χ0n) is 7.14. The number of amidine groups is 3. The Labute approximate surface area is 80.0 Å². The Morgan fingerprint density at radius 2 is 2.38 bits per heavy atom. The second kappa shape index (κ2) is 3.29. The van der Waals surface area contributed by atoms with Crippen LogP contribution in [0, 0.1) is 0 Å². The molecule has 1 unspecified atom stereocenters. The summed E-state index contributed by atoms with van der Waals surface area (Å²) in [5.74, 6) is 2.07. The molecule has 68 valence electrons. The van der Waals surface area contributed by atoms with Gasteiger partial charge >= 0.3 is 0 Å². The van der Waals surface area contributed by atoms with Gasteiger partial charge in [0.25, 0.3) is 0 Å². The van der Waals surface area contributed by atoms with E-state index in [0.29, 0.717) is 16.8 Å². The van der Waals surface area contributed by atoms with Gasteiger partial charge in [0, 0.05) is 0 Å². The van der Waals surface area contributed by atoms with Crippen LogP contribution in [0.4, 0.5) is 0 Å². The molecule has 2 aliphatic rings. The molecule has 5 nitrogen and oxygen atoms in total. The summed E-state index contributed by atoms with van der Waals surface area (Å²) in [5.41, 5.74) is 5.70. The molecule has 0 aromatic carbocycles. The van der Waals surface area contributed by atoms with Crippen LogP contribution >= 0.6 is 11.8 Å². The Bertz CT molecular complexity index is 341. The highest BCUT2D eigenvalue weighted by molar-refractivity contribution is 8.13. The summed E-state index contributed by atoms with van der Waals surface area (Å²) in [6, 6.07) is -0.235. The van der Waals surface area contributed by atoms with Crippen molar-refractivity contribution in [1.82, 2.24) is 0 Å². The highest BCUT2D eigenvalue weighted by Crippen LogP contribution is 2.14. The fourth-order valence-electron chi connectivity index (χ4n) is 1.08. The lowest BCUT2D eigenvalue weighted by atomic mass is 10.2. The van der Waals surface area contributed by atoms with E-state index in [0.717, 1.165) is 5.75 Å². The minimum atomic E-state index is -0.235. The van der Waals surface area contributed by atoms with Gasteiger partial charge in [0.2, 0.25) is 0 Å². The number of rotatable bonds is 1. The number of hydrogen-bond donors (Lipinski definition) is 1. The van der Waals surface area contributed by atoms with Crippen molar-refractivity contribution in [3.05, 3.63) is 0 Å². The van der Waals surface area contributed by atoms with Gasteiger partial charge in [-0.3, -0.25) is 4.99 Å². The molecule has 0 amide bonds. The van der Waals surface area contributed by atoms with Crippen molar-refractivity contribution in [2.45, 2.75) is 13.0 Å². The van der Waals surface area contributed by atoms with Crippen LogP contribution in [0.5, 0.6) is 0 Å². The molecule has 2 rings (SSSR count). The molecule has 2 aliphatic heterocycles. The highest BCUT2D eigenvalue weighted by Gasteiger charge is 2.26. The summed E-state index contributed by atoms with van der Waals surface area (Å²) in [7, 11) is 0. The van der Waals surface area contributed by atoms with Crippen LogP contribution in [0.2, 0.25) is 0 Å². The first-order valence-electron chi connectivity index (χ1n) is 3.96. The standard InChI is InChI=1S/C7H9N5S/c1-2-13-7-11-5(8)4-6(12-7)10-3-9-4/h3-4H,2H2,1H3,(H2,8,9,10,11,12). The van der Waals surface area contributed by atoms with Crippen LogP contribution < -0.4 is 5.73 Å². The minimum absolute atomic E-state index is 0.235. The van der Waals surface area contributed by atoms with Crippen LogP contribution in [0.3, 0.4) is 0 Å². The second-order valence-corrected chi connectivity index (χ2v) is 3.75. The Kier molecular flexibility index (Phi) is 2.13. The summed E-state index contributed by atoms with van der Waals surface area (Å²) in [5, 5.41) is 0.681. The summed E-state index contributed by atoms with van der Waals surface area (Å²) >= 11 is 1.55. The summed E-state index contributed by atoms with van der Waals surface area (Å²) in [4.78, 5) is 16.4. The predicted molar refractivity (Wildman–Crippen MR) is 56.9 cm³/mol. The molecular weight excluding hydrogens is 186 g/mol. The molecule has 0 aliphatic carbocycles. The molecule has 0 aromatic heterocycles. The lowest BCUT2D eigenvalue weighted by Gasteiger charge is -2.12. The maximum Gasteiger partial charge on any atom is 0.191 e. The molecule has 2 heterocycles. The van der Waals surface area contributed by atoms with Gasteiger partial charge < -0.3 is 5.73 Å². The third-order valence-electron chi connectivity index (χ3n) is 1.64. The van der Waals surface area contributed by atoms with Crippen LogP contribution in [-0.2, 0) is 0 Å². The number of nitrogens with two attached hydrogens (primary N) is 1. The van der Waals surface area contributed by atoms with E-state index < -0.39 is 0 Å². The number of thioether (sulfide) groups is 1. The van der Waals surface area contributed by atoms with Crippen molar-refractivity contribution in [1.29, 1.82) is 0 Å². The Morgan fingerprint density at radius 3 is 3.15 bits per heavy atom. The van der Waals surface area contributed by atoms with Gasteiger partial charge in [-0.25, -0.2) is 15.0 Å². The van der Waals surface area contributed by atoms with Gasteiger partial charge in [-0.05, 0) is 5.75 Å². The van der Waals surface area contributed by atoms with Gasteiger partial charge in [-0.1, -0.05) is 18.7 Å². The summed E-state index contributed by atoms with van der Waals surface area (Å²) in [6.45, 7) is 2.04. The second-order valence-electron chi connectivity index (χ2n) is 2.52. The van der Waals surface area contributed by atoms with Crippen LogP contribution in [0.15, 0.2) is 20.0 Å².